The number of nitrogens with zero attached hydrogens (tertiary/aromatic N) is 1. The van der Waals surface area contributed by atoms with Crippen LogP contribution in [0.1, 0.15) is 25.3 Å². The Morgan fingerprint density at radius 1 is 1.05 bits per heavy atom. The van der Waals surface area contributed by atoms with Crippen molar-refractivity contribution in [1.82, 2.24) is 4.98 Å². The first-order valence-corrected chi connectivity index (χ1v) is 7.08. The van der Waals surface area contributed by atoms with Gasteiger partial charge in [0.25, 0.3) is 0 Å². The molecule has 0 saturated carbocycles. The number of halogens is 1. The Hall–Kier alpha value is -2.62. The maximum Gasteiger partial charge on any atom is 0.133 e. The molecule has 0 unspecified atom stereocenters. The molecule has 1 aromatic heterocycles. The molecular formula is C18H16FNO2. The third-order valence-corrected chi connectivity index (χ3v) is 3.72. The standard InChI is InChI=1S/C18H16FNO2/c1-10(2)18-16(21)7-12(8-17(18)22)13-6-11-4-3-5-20-15(11)9-14(13)19/h3-10,21-22H,1-2H3. The smallest absolute Gasteiger partial charge is 0.133 e. The van der Waals surface area contributed by atoms with E-state index < -0.39 is 5.82 Å². The van der Waals surface area contributed by atoms with Crippen LogP contribution in [-0.4, -0.2) is 15.2 Å². The van der Waals surface area contributed by atoms with E-state index in [4.69, 9.17) is 0 Å². The van der Waals surface area contributed by atoms with E-state index in [0.29, 0.717) is 22.2 Å². The Morgan fingerprint density at radius 3 is 2.36 bits per heavy atom. The van der Waals surface area contributed by atoms with Gasteiger partial charge in [-0.1, -0.05) is 19.9 Å². The van der Waals surface area contributed by atoms with Crippen LogP contribution >= 0.6 is 0 Å². The number of aromatic nitrogens is 1. The molecule has 0 radical (unpaired) electrons. The third-order valence-electron chi connectivity index (χ3n) is 3.72. The summed E-state index contributed by atoms with van der Waals surface area (Å²) < 4.78 is 14.3. The molecule has 0 fully saturated rings. The molecule has 2 aromatic carbocycles. The van der Waals surface area contributed by atoms with Crippen molar-refractivity contribution in [3.63, 3.8) is 0 Å². The molecule has 112 valence electrons. The minimum Gasteiger partial charge on any atom is -0.507 e. The van der Waals surface area contributed by atoms with E-state index in [2.05, 4.69) is 4.98 Å². The molecule has 0 bridgehead atoms. The van der Waals surface area contributed by atoms with Crippen molar-refractivity contribution in [2.24, 2.45) is 0 Å². The van der Waals surface area contributed by atoms with Crippen LogP contribution < -0.4 is 0 Å². The van der Waals surface area contributed by atoms with Gasteiger partial charge in [-0.15, -0.1) is 0 Å². The number of benzene rings is 2. The molecule has 22 heavy (non-hydrogen) atoms. The highest BCUT2D eigenvalue weighted by Crippen LogP contribution is 2.39. The largest absolute Gasteiger partial charge is 0.507 e. The second-order valence-electron chi connectivity index (χ2n) is 5.61. The summed E-state index contributed by atoms with van der Waals surface area (Å²) >= 11 is 0. The quantitative estimate of drug-likeness (QED) is 0.728. The van der Waals surface area contributed by atoms with E-state index in [1.807, 2.05) is 19.9 Å². The monoisotopic (exact) mass is 297 g/mol. The highest BCUT2D eigenvalue weighted by molar-refractivity contribution is 5.85. The maximum absolute atomic E-state index is 14.3. The van der Waals surface area contributed by atoms with E-state index in [-0.39, 0.29) is 17.4 Å². The molecule has 0 amide bonds. The zero-order chi connectivity index (χ0) is 15.9. The van der Waals surface area contributed by atoms with Crippen molar-refractivity contribution in [3.05, 3.63) is 54.0 Å². The van der Waals surface area contributed by atoms with E-state index >= 15 is 0 Å². The van der Waals surface area contributed by atoms with Crippen LogP contribution in [0.15, 0.2) is 42.6 Å². The second-order valence-corrected chi connectivity index (χ2v) is 5.61. The molecule has 3 nitrogen and oxygen atoms in total. The fraction of sp³-hybridized carbons (Fsp3) is 0.167. The summed E-state index contributed by atoms with van der Waals surface area (Å²) in [5.74, 6) is -0.534. The number of aromatic hydroxyl groups is 2. The van der Waals surface area contributed by atoms with Crippen molar-refractivity contribution < 1.29 is 14.6 Å². The first-order valence-electron chi connectivity index (χ1n) is 7.08. The van der Waals surface area contributed by atoms with Crippen molar-refractivity contribution in [2.45, 2.75) is 19.8 Å². The first kappa shape index (κ1) is 14.3. The van der Waals surface area contributed by atoms with Crippen molar-refractivity contribution in [3.8, 4) is 22.6 Å². The highest BCUT2D eigenvalue weighted by Gasteiger charge is 2.16. The number of fused-ring (bicyclic) bond motifs is 1. The zero-order valence-corrected chi connectivity index (χ0v) is 12.3. The Bertz CT molecular complexity index is 836. The predicted octanol–water partition coefficient (Wildman–Crippen LogP) is 4.58. The summed E-state index contributed by atoms with van der Waals surface area (Å²) in [5, 5.41) is 21.0. The molecule has 0 atom stereocenters. The van der Waals surface area contributed by atoms with Gasteiger partial charge in [0, 0.05) is 28.8 Å². The van der Waals surface area contributed by atoms with Crippen molar-refractivity contribution in [1.29, 1.82) is 0 Å². The van der Waals surface area contributed by atoms with Crippen LogP contribution in [0.25, 0.3) is 22.0 Å². The lowest BCUT2D eigenvalue weighted by molar-refractivity contribution is 0.434. The van der Waals surface area contributed by atoms with Crippen LogP contribution in [0, 0.1) is 5.82 Å². The van der Waals surface area contributed by atoms with Crippen LogP contribution in [0.4, 0.5) is 4.39 Å². The maximum atomic E-state index is 14.3. The molecule has 3 rings (SSSR count). The summed E-state index contributed by atoms with van der Waals surface area (Å²) in [4.78, 5) is 4.11. The first-order chi connectivity index (χ1) is 10.5. The number of hydrogen-bond donors (Lipinski definition) is 2. The number of rotatable bonds is 2. The van der Waals surface area contributed by atoms with Gasteiger partial charge in [0.15, 0.2) is 0 Å². The van der Waals surface area contributed by atoms with E-state index in [0.717, 1.165) is 5.39 Å². The molecule has 4 heteroatoms. The van der Waals surface area contributed by atoms with Gasteiger partial charge in [-0.05, 0) is 35.7 Å². The summed E-state index contributed by atoms with van der Waals surface area (Å²) in [6.07, 6.45) is 1.61. The number of hydrogen-bond acceptors (Lipinski definition) is 3. The zero-order valence-electron chi connectivity index (χ0n) is 12.3. The lowest BCUT2D eigenvalue weighted by Gasteiger charge is -2.13. The van der Waals surface area contributed by atoms with Gasteiger partial charge in [0.05, 0.1) is 5.52 Å². The molecule has 0 aliphatic heterocycles. The fourth-order valence-corrected chi connectivity index (χ4v) is 2.69. The van der Waals surface area contributed by atoms with Gasteiger partial charge in [-0.25, -0.2) is 4.39 Å². The topological polar surface area (TPSA) is 53.4 Å². The SMILES string of the molecule is CC(C)c1c(O)cc(-c2cc3cccnc3cc2F)cc1O. The number of pyridine rings is 1. The van der Waals surface area contributed by atoms with Crippen LogP contribution in [0.2, 0.25) is 0 Å². The third kappa shape index (κ3) is 2.37. The van der Waals surface area contributed by atoms with Crippen molar-refractivity contribution >= 4 is 10.9 Å². The average molecular weight is 297 g/mol. The lowest BCUT2D eigenvalue weighted by atomic mass is 9.95. The predicted molar refractivity (Wildman–Crippen MR) is 84.6 cm³/mol. The normalized spacial score (nSPS) is 11.3. The molecule has 3 aromatic rings. The Morgan fingerprint density at radius 2 is 1.73 bits per heavy atom. The van der Waals surface area contributed by atoms with Gasteiger partial charge < -0.3 is 10.2 Å². The minimum absolute atomic E-state index is 0.0281. The van der Waals surface area contributed by atoms with E-state index in [1.54, 1.807) is 18.3 Å². The van der Waals surface area contributed by atoms with E-state index in [9.17, 15) is 14.6 Å². The average Bonchev–Trinajstić information content (AvgIpc) is 2.45. The number of phenols is 2. The second kappa shape index (κ2) is 5.30. The lowest BCUT2D eigenvalue weighted by Crippen LogP contribution is -1.92. The summed E-state index contributed by atoms with van der Waals surface area (Å²) in [6.45, 7) is 3.74. The van der Waals surface area contributed by atoms with Crippen LogP contribution in [-0.2, 0) is 0 Å². The molecular weight excluding hydrogens is 281 g/mol. The van der Waals surface area contributed by atoms with Gasteiger partial charge >= 0.3 is 0 Å². The summed E-state index contributed by atoms with van der Waals surface area (Å²) in [7, 11) is 0. The molecule has 0 spiro atoms. The van der Waals surface area contributed by atoms with Crippen molar-refractivity contribution in [2.75, 3.05) is 0 Å². The van der Waals surface area contributed by atoms with Crippen LogP contribution in [0.3, 0.4) is 0 Å². The van der Waals surface area contributed by atoms with Gasteiger partial charge in [-0.2, -0.15) is 0 Å². The Kier molecular flexibility index (Phi) is 3.45. The molecule has 0 saturated heterocycles. The minimum atomic E-state index is -0.442. The molecule has 1 heterocycles. The van der Waals surface area contributed by atoms with Gasteiger partial charge in [-0.3, -0.25) is 4.98 Å². The van der Waals surface area contributed by atoms with Gasteiger partial charge in [0.2, 0.25) is 0 Å². The Labute approximate surface area is 127 Å². The van der Waals surface area contributed by atoms with Crippen LogP contribution in [0.5, 0.6) is 11.5 Å². The van der Waals surface area contributed by atoms with E-state index in [1.165, 1.54) is 18.2 Å². The van der Waals surface area contributed by atoms with Gasteiger partial charge in [0.1, 0.15) is 17.3 Å². The Balaban J connectivity index is 2.21. The highest BCUT2D eigenvalue weighted by atomic mass is 19.1. The fourth-order valence-electron chi connectivity index (χ4n) is 2.69. The molecule has 0 aliphatic rings. The molecule has 2 N–H and O–H groups in total. The molecule has 0 aliphatic carbocycles. The number of phenolic OH excluding ortho intramolecular Hbond substituents is 2. The summed E-state index contributed by atoms with van der Waals surface area (Å²) in [5.41, 5.74) is 1.78. The summed E-state index contributed by atoms with van der Waals surface area (Å²) in [6, 6.07) is 9.61.